The van der Waals surface area contributed by atoms with E-state index in [-0.39, 0.29) is 10.6 Å². The Morgan fingerprint density at radius 2 is 2.00 bits per heavy atom. The third kappa shape index (κ3) is 5.86. The molecule has 0 aliphatic heterocycles. The summed E-state index contributed by atoms with van der Waals surface area (Å²) in [6, 6.07) is 3.23. The second-order valence-electron chi connectivity index (χ2n) is 4.15. The maximum Gasteiger partial charge on any atom is 0.416 e. The van der Waals surface area contributed by atoms with Crippen molar-refractivity contribution in [3.8, 4) is 0 Å². The van der Waals surface area contributed by atoms with Crippen LogP contribution in [-0.2, 0) is 15.7 Å². The predicted octanol–water partition coefficient (Wildman–Crippen LogP) is 2.41. The van der Waals surface area contributed by atoms with E-state index in [1.807, 2.05) is 0 Å². The van der Waals surface area contributed by atoms with Crippen LogP contribution in [0.25, 0.3) is 0 Å². The minimum Gasteiger partial charge on any atom is -0.389 e. The van der Waals surface area contributed by atoms with E-state index >= 15 is 0 Å². The summed E-state index contributed by atoms with van der Waals surface area (Å²) in [5.41, 5.74) is 5.30. The van der Waals surface area contributed by atoms with Crippen LogP contribution in [0.4, 0.5) is 18.9 Å². The minimum atomic E-state index is -4.43. The van der Waals surface area contributed by atoms with Gasteiger partial charge in [0.25, 0.3) is 0 Å². The second kappa shape index (κ2) is 8.16. The normalized spacial score (nSPS) is 11.4. The highest BCUT2D eigenvalue weighted by atomic mass is 32.1. The van der Waals surface area contributed by atoms with Crippen molar-refractivity contribution in [2.24, 2.45) is 5.73 Å². The summed E-state index contributed by atoms with van der Waals surface area (Å²) >= 11 is 4.79. The van der Waals surface area contributed by atoms with Crippen LogP contribution in [0.15, 0.2) is 18.2 Å². The van der Waals surface area contributed by atoms with E-state index in [0.717, 1.165) is 12.1 Å². The van der Waals surface area contributed by atoms with Crippen LogP contribution >= 0.6 is 12.2 Å². The molecule has 0 heterocycles. The molecule has 0 aromatic heterocycles. The fourth-order valence-electron chi connectivity index (χ4n) is 1.58. The summed E-state index contributed by atoms with van der Waals surface area (Å²) < 4.78 is 48.0. The molecule has 21 heavy (non-hydrogen) atoms. The monoisotopic (exact) mass is 322 g/mol. The molecule has 0 aliphatic carbocycles. The van der Waals surface area contributed by atoms with Gasteiger partial charge in [-0.2, -0.15) is 13.2 Å². The Morgan fingerprint density at radius 1 is 1.29 bits per heavy atom. The Kier molecular flexibility index (Phi) is 6.86. The van der Waals surface area contributed by atoms with Crippen molar-refractivity contribution in [3.05, 3.63) is 29.3 Å². The number of anilines is 1. The number of hydrogen-bond donors (Lipinski definition) is 2. The van der Waals surface area contributed by atoms with Gasteiger partial charge in [0, 0.05) is 24.9 Å². The fraction of sp³-hybridized carbons (Fsp3) is 0.462. The molecule has 0 amide bonds. The third-order valence-corrected chi connectivity index (χ3v) is 2.83. The van der Waals surface area contributed by atoms with Crippen LogP contribution in [0.2, 0.25) is 0 Å². The summed E-state index contributed by atoms with van der Waals surface area (Å²) in [6.45, 7) is 1.75. The average Bonchev–Trinajstić information content (AvgIpc) is 2.41. The van der Waals surface area contributed by atoms with Gasteiger partial charge in [-0.25, -0.2) is 0 Å². The first-order valence-electron chi connectivity index (χ1n) is 6.18. The van der Waals surface area contributed by atoms with E-state index in [9.17, 15) is 13.2 Å². The van der Waals surface area contributed by atoms with Gasteiger partial charge in [-0.15, -0.1) is 0 Å². The number of halogens is 3. The van der Waals surface area contributed by atoms with E-state index in [1.54, 1.807) is 7.11 Å². The van der Waals surface area contributed by atoms with Crippen molar-refractivity contribution < 1.29 is 22.6 Å². The lowest BCUT2D eigenvalue weighted by atomic mass is 10.1. The standard InChI is InChI=1S/C13H17F3N2O2S/c1-19-6-7-20-5-4-18-11-3-2-9(13(14,15)16)8-10(11)12(17)21/h2-3,8,18H,4-7H2,1H3,(H2,17,21). The molecule has 0 radical (unpaired) electrons. The van der Waals surface area contributed by atoms with Gasteiger partial charge in [0.2, 0.25) is 0 Å². The van der Waals surface area contributed by atoms with Gasteiger partial charge in [-0.3, -0.25) is 0 Å². The van der Waals surface area contributed by atoms with Crippen molar-refractivity contribution in [1.29, 1.82) is 0 Å². The molecular weight excluding hydrogens is 305 g/mol. The van der Waals surface area contributed by atoms with E-state index in [1.165, 1.54) is 6.07 Å². The summed E-state index contributed by atoms with van der Waals surface area (Å²) in [5.74, 6) is 0. The molecule has 0 spiro atoms. The van der Waals surface area contributed by atoms with Gasteiger partial charge in [0.1, 0.15) is 4.99 Å². The summed E-state index contributed by atoms with van der Waals surface area (Å²) in [6.07, 6.45) is -4.43. The first-order chi connectivity index (χ1) is 9.86. The topological polar surface area (TPSA) is 56.5 Å². The van der Waals surface area contributed by atoms with E-state index in [0.29, 0.717) is 32.1 Å². The average molecular weight is 322 g/mol. The van der Waals surface area contributed by atoms with Gasteiger partial charge in [0.15, 0.2) is 0 Å². The number of nitrogens with one attached hydrogen (secondary N) is 1. The maximum atomic E-state index is 12.7. The highest BCUT2D eigenvalue weighted by Crippen LogP contribution is 2.31. The Morgan fingerprint density at radius 3 is 2.57 bits per heavy atom. The molecule has 1 aromatic carbocycles. The Balaban J connectivity index is 2.67. The summed E-state index contributed by atoms with van der Waals surface area (Å²) in [7, 11) is 1.57. The summed E-state index contributed by atoms with van der Waals surface area (Å²) in [5, 5.41) is 2.95. The highest BCUT2D eigenvalue weighted by Gasteiger charge is 2.31. The zero-order chi connectivity index (χ0) is 15.9. The van der Waals surface area contributed by atoms with Crippen molar-refractivity contribution in [2.45, 2.75) is 6.18 Å². The molecule has 0 saturated heterocycles. The fourth-order valence-corrected chi connectivity index (χ4v) is 1.75. The van der Waals surface area contributed by atoms with Crippen LogP contribution in [0.1, 0.15) is 11.1 Å². The molecule has 118 valence electrons. The largest absolute Gasteiger partial charge is 0.416 e. The first-order valence-corrected chi connectivity index (χ1v) is 6.58. The number of methoxy groups -OCH3 is 1. The van der Waals surface area contributed by atoms with E-state index < -0.39 is 11.7 Å². The molecule has 4 nitrogen and oxygen atoms in total. The van der Waals surface area contributed by atoms with Gasteiger partial charge in [-0.05, 0) is 18.2 Å². The first kappa shape index (κ1) is 17.7. The number of rotatable bonds is 8. The number of benzene rings is 1. The summed E-state index contributed by atoms with van der Waals surface area (Å²) in [4.78, 5) is -0.0936. The van der Waals surface area contributed by atoms with Crippen LogP contribution in [0, 0.1) is 0 Å². The minimum absolute atomic E-state index is 0.0936. The molecule has 0 fully saturated rings. The van der Waals surface area contributed by atoms with Crippen molar-refractivity contribution >= 4 is 22.9 Å². The Labute approximate surface area is 126 Å². The lowest BCUT2D eigenvalue weighted by molar-refractivity contribution is -0.137. The Hall–Kier alpha value is -1.38. The molecule has 1 aromatic rings. The van der Waals surface area contributed by atoms with Crippen LogP contribution < -0.4 is 11.1 Å². The molecule has 1 rings (SSSR count). The molecule has 0 saturated carbocycles. The molecular formula is C13H17F3N2O2S. The lowest BCUT2D eigenvalue weighted by Gasteiger charge is -2.14. The third-order valence-electron chi connectivity index (χ3n) is 2.61. The zero-order valence-electron chi connectivity index (χ0n) is 11.5. The van der Waals surface area contributed by atoms with Crippen molar-refractivity contribution in [3.63, 3.8) is 0 Å². The van der Waals surface area contributed by atoms with Crippen LogP contribution in [0.3, 0.4) is 0 Å². The van der Waals surface area contributed by atoms with Gasteiger partial charge >= 0.3 is 6.18 Å². The zero-order valence-corrected chi connectivity index (χ0v) is 12.3. The van der Waals surface area contributed by atoms with Crippen LogP contribution in [0.5, 0.6) is 0 Å². The molecule has 8 heteroatoms. The van der Waals surface area contributed by atoms with E-state index in [4.69, 9.17) is 27.4 Å². The number of nitrogens with two attached hydrogens (primary N) is 1. The Bertz CT molecular complexity index is 481. The predicted molar refractivity (Wildman–Crippen MR) is 78.5 cm³/mol. The number of ether oxygens (including phenoxy) is 2. The molecule has 0 unspecified atom stereocenters. The maximum absolute atomic E-state index is 12.7. The van der Waals surface area contributed by atoms with E-state index in [2.05, 4.69) is 5.32 Å². The lowest BCUT2D eigenvalue weighted by Crippen LogP contribution is -2.18. The smallest absolute Gasteiger partial charge is 0.389 e. The molecule has 0 aliphatic rings. The van der Waals surface area contributed by atoms with Crippen molar-refractivity contribution in [2.75, 3.05) is 38.8 Å². The molecule has 3 N–H and O–H groups in total. The van der Waals surface area contributed by atoms with Gasteiger partial charge < -0.3 is 20.5 Å². The van der Waals surface area contributed by atoms with Crippen LogP contribution in [-0.4, -0.2) is 38.5 Å². The van der Waals surface area contributed by atoms with Gasteiger partial charge in [0.05, 0.1) is 25.4 Å². The SMILES string of the molecule is COCCOCCNc1ccc(C(F)(F)F)cc1C(N)=S. The second-order valence-corrected chi connectivity index (χ2v) is 4.59. The van der Waals surface area contributed by atoms with Gasteiger partial charge in [-0.1, -0.05) is 12.2 Å². The quantitative estimate of drug-likeness (QED) is 0.569. The number of hydrogen-bond acceptors (Lipinski definition) is 4. The number of thiocarbonyl (C=S) groups is 1. The van der Waals surface area contributed by atoms with Crippen molar-refractivity contribution in [1.82, 2.24) is 0 Å². The molecule has 0 atom stereocenters. The number of alkyl halides is 3. The highest BCUT2D eigenvalue weighted by molar-refractivity contribution is 7.80. The molecule has 0 bridgehead atoms.